The van der Waals surface area contributed by atoms with Gasteiger partial charge in [0.05, 0.1) is 10.7 Å². The number of rotatable bonds is 6. The van der Waals surface area contributed by atoms with Crippen molar-refractivity contribution >= 4 is 50.7 Å². The van der Waals surface area contributed by atoms with Crippen LogP contribution in [0.2, 0.25) is 5.02 Å². The van der Waals surface area contributed by atoms with Gasteiger partial charge < -0.3 is 19.8 Å². The van der Waals surface area contributed by atoms with E-state index in [0.717, 1.165) is 4.47 Å². The normalized spacial score (nSPS) is 10.4. The number of furan rings is 1. The van der Waals surface area contributed by atoms with E-state index in [4.69, 9.17) is 20.8 Å². The van der Waals surface area contributed by atoms with Gasteiger partial charge >= 0.3 is 0 Å². The lowest BCUT2D eigenvalue weighted by Gasteiger charge is -2.08. The third-order valence-corrected chi connectivity index (χ3v) is 4.46. The molecule has 0 radical (unpaired) electrons. The molecule has 2 amide bonds. The molecule has 1 aromatic heterocycles. The summed E-state index contributed by atoms with van der Waals surface area (Å²) in [6.45, 7) is 1.60. The third-order valence-electron chi connectivity index (χ3n) is 3.62. The molecule has 0 bridgehead atoms. The van der Waals surface area contributed by atoms with E-state index in [1.807, 2.05) is 24.3 Å². The van der Waals surface area contributed by atoms with E-state index in [2.05, 4.69) is 26.6 Å². The van der Waals surface area contributed by atoms with Gasteiger partial charge in [-0.05, 0) is 54.6 Å². The monoisotopic (exact) mass is 462 g/mol. The Bertz CT molecular complexity index is 1000. The highest BCUT2D eigenvalue weighted by Gasteiger charge is 2.14. The molecule has 0 aliphatic rings. The summed E-state index contributed by atoms with van der Waals surface area (Å²) in [4.78, 5) is 23.5. The Morgan fingerprint density at radius 1 is 1.07 bits per heavy atom. The number of benzene rings is 2. The van der Waals surface area contributed by atoms with Crippen LogP contribution >= 0.6 is 27.5 Å². The van der Waals surface area contributed by atoms with Crippen molar-refractivity contribution in [3.63, 3.8) is 0 Å². The first-order valence-corrected chi connectivity index (χ1v) is 9.43. The zero-order chi connectivity index (χ0) is 20.1. The van der Waals surface area contributed by atoms with E-state index >= 15 is 0 Å². The van der Waals surface area contributed by atoms with Gasteiger partial charge in [-0.15, -0.1) is 0 Å². The molecule has 0 atom stereocenters. The second-order valence-electron chi connectivity index (χ2n) is 5.84. The van der Waals surface area contributed by atoms with Crippen molar-refractivity contribution in [1.82, 2.24) is 0 Å². The standard InChI is InChI=1S/C20H16BrClN2O4/c1-12(25)23-14-4-8-18(17(22)10-14)24-20(26)19-9-7-16(28-19)11-27-15-5-2-13(21)3-6-15/h2-10H,11H2,1H3,(H,23,25)(H,24,26). The Morgan fingerprint density at radius 3 is 2.50 bits per heavy atom. The first-order valence-electron chi connectivity index (χ1n) is 8.26. The number of hydrogen-bond donors (Lipinski definition) is 2. The van der Waals surface area contributed by atoms with Crippen molar-refractivity contribution in [2.45, 2.75) is 13.5 Å². The second kappa shape index (κ2) is 8.95. The number of hydrogen-bond acceptors (Lipinski definition) is 4. The van der Waals surface area contributed by atoms with Crippen LogP contribution in [0.5, 0.6) is 5.75 Å². The lowest BCUT2D eigenvalue weighted by Crippen LogP contribution is -2.12. The maximum atomic E-state index is 12.4. The summed E-state index contributed by atoms with van der Waals surface area (Å²) in [5, 5.41) is 5.59. The SMILES string of the molecule is CC(=O)Nc1ccc(NC(=O)c2ccc(COc3ccc(Br)cc3)o2)c(Cl)c1. The maximum Gasteiger partial charge on any atom is 0.291 e. The Morgan fingerprint density at radius 2 is 1.82 bits per heavy atom. The molecule has 2 N–H and O–H groups in total. The highest BCUT2D eigenvalue weighted by atomic mass is 79.9. The first kappa shape index (κ1) is 20.0. The number of carbonyl (C=O) groups is 2. The van der Waals surface area contributed by atoms with Crippen LogP contribution in [0.1, 0.15) is 23.2 Å². The molecule has 0 saturated carbocycles. The number of halogens is 2. The van der Waals surface area contributed by atoms with Gasteiger partial charge in [0.25, 0.3) is 5.91 Å². The molecule has 28 heavy (non-hydrogen) atoms. The van der Waals surface area contributed by atoms with Crippen LogP contribution in [0.4, 0.5) is 11.4 Å². The molecule has 0 spiro atoms. The molecular formula is C20H16BrClN2O4. The van der Waals surface area contributed by atoms with E-state index < -0.39 is 5.91 Å². The van der Waals surface area contributed by atoms with Gasteiger partial charge in [0.1, 0.15) is 18.1 Å². The van der Waals surface area contributed by atoms with Crippen LogP contribution < -0.4 is 15.4 Å². The fourth-order valence-corrected chi connectivity index (χ4v) is 2.84. The Hall–Kier alpha value is -2.77. The maximum absolute atomic E-state index is 12.4. The number of amides is 2. The van der Waals surface area contributed by atoms with E-state index in [9.17, 15) is 9.59 Å². The van der Waals surface area contributed by atoms with Crippen molar-refractivity contribution in [2.75, 3.05) is 10.6 Å². The molecule has 8 heteroatoms. The number of ether oxygens (including phenoxy) is 1. The first-order chi connectivity index (χ1) is 13.4. The van der Waals surface area contributed by atoms with Gasteiger partial charge in [0.15, 0.2) is 5.76 Å². The summed E-state index contributed by atoms with van der Waals surface area (Å²) in [5.74, 6) is 0.693. The molecular weight excluding hydrogens is 448 g/mol. The smallest absolute Gasteiger partial charge is 0.291 e. The zero-order valence-corrected chi connectivity index (χ0v) is 17.1. The van der Waals surface area contributed by atoms with E-state index in [-0.39, 0.29) is 18.3 Å². The molecule has 1 heterocycles. The largest absolute Gasteiger partial charge is 0.486 e. The van der Waals surface area contributed by atoms with Gasteiger partial charge in [-0.25, -0.2) is 0 Å². The second-order valence-corrected chi connectivity index (χ2v) is 7.16. The highest BCUT2D eigenvalue weighted by Crippen LogP contribution is 2.26. The van der Waals surface area contributed by atoms with Gasteiger partial charge in [-0.3, -0.25) is 9.59 Å². The fourth-order valence-electron chi connectivity index (χ4n) is 2.34. The predicted molar refractivity (Wildman–Crippen MR) is 111 cm³/mol. The minimum absolute atomic E-state index is 0.136. The van der Waals surface area contributed by atoms with Gasteiger partial charge in [-0.1, -0.05) is 27.5 Å². The quantitative estimate of drug-likeness (QED) is 0.507. The summed E-state index contributed by atoms with van der Waals surface area (Å²) in [6.07, 6.45) is 0. The average Bonchev–Trinajstić information content (AvgIpc) is 3.12. The van der Waals surface area contributed by atoms with Crippen molar-refractivity contribution in [3.8, 4) is 5.75 Å². The predicted octanol–water partition coefficient (Wildman–Crippen LogP) is 5.49. The summed E-state index contributed by atoms with van der Waals surface area (Å²) in [5.41, 5.74) is 0.950. The van der Waals surface area contributed by atoms with Crippen molar-refractivity contribution in [2.24, 2.45) is 0 Å². The number of anilines is 2. The lowest BCUT2D eigenvalue weighted by atomic mass is 10.2. The molecule has 0 fully saturated rings. The van der Waals surface area contributed by atoms with E-state index in [0.29, 0.717) is 27.9 Å². The summed E-state index contributed by atoms with van der Waals surface area (Å²) >= 11 is 9.52. The lowest BCUT2D eigenvalue weighted by molar-refractivity contribution is -0.114. The van der Waals surface area contributed by atoms with Gasteiger partial charge in [0.2, 0.25) is 5.91 Å². The van der Waals surface area contributed by atoms with E-state index in [1.54, 1.807) is 30.3 Å². The van der Waals surface area contributed by atoms with Crippen LogP contribution in [-0.4, -0.2) is 11.8 Å². The molecule has 0 saturated heterocycles. The number of nitrogens with one attached hydrogen (secondary N) is 2. The molecule has 6 nitrogen and oxygen atoms in total. The molecule has 3 aromatic rings. The van der Waals surface area contributed by atoms with Crippen molar-refractivity contribution < 1.29 is 18.7 Å². The molecule has 3 rings (SSSR count). The minimum atomic E-state index is -0.441. The van der Waals surface area contributed by atoms with Gasteiger partial charge in [0, 0.05) is 17.1 Å². The number of carbonyl (C=O) groups excluding carboxylic acids is 2. The van der Waals surface area contributed by atoms with Gasteiger partial charge in [-0.2, -0.15) is 0 Å². The summed E-state index contributed by atoms with van der Waals surface area (Å²) < 4.78 is 12.1. The van der Waals surface area contributed by atoms with Crippen LogP contribution in [0.3, 0.4) is 0 Å². The zero-order valence-electron chi connectivity index (χ0n) is 14.8. The summed E-state index contributed by atoms with van der Waals surface area (Å²) in [7, 11) is 0. The Labute approximate surface area is 175 Å². The third kappa shape index (κ3) is 5.37. The van der Waals surface area contributed by atoms with Crippen molar-refractivity contribution in [3.05, 3.63) is 75.6 Å². The summed E-state index contributed by atoms with van der Waals surface area (Å²) in [6, 6.07) is 15.4. The van der Waals surface area contributed by atoms with E-state index in [1.165, 1.54) is 6.92 Å². The molecule has 0 unspecified atom stereocenters. The Balaban J connectivity index is 1.60. The van der Waals surface area contributed by atoms with Crippen LogP contribution in [0, 0.1) is 0 Å². The Kier molecular flexibility index (Phi) is 6.38. The van der Waals surface area contributed by atoms with Crippen LogP contribution in [0.25, 0.3) is 0 Å². The average molecular weight is 464 g/mol. The van der Waals surface area contributed by atoms with Crippen LogP contribution in [-0.2, 0) is 11.4 Å². The molecule has 0 aliphatic heterocycles. The highest BCUT2D eigenvalue weighted by molar-refractivity contribution is 9.10. The van der Waals surface area contributed by atoms with Crippen LogP contribution in [0.15, 0.2) is 63.5 Å². The topological polar surface area (TPSA) is 80.6 Å². The fraction of sp³-hybridized carbons (Fsp3) is 0.100. The molecule has 144 valence electrons. The minimum Gasteiger partial charge on any atom is -0.486 e. The molecule has 0 aliphatic carbocycles. The molecule has 2 aromatic carbocycles. The van der Waals surface area contributed by atoms with Crippen molar-refractivity contribution in [1.29, 1.82) is 0 Å².